The molecular weight excluding hydrogens is 518 g/mol. The first-order valence-electron chi connectivity index (χ1n) is 11.6. The zero-order valence-electron chi connectivity index (χ0n) is 19.6. The first kappa shape index (κ1) is 24.8. The SMILES string of the molecule is CN1NC(CNC(=O)c2ccc(Cl)s2)=CN1c1ccc(-n2ccccc2=O)cc1OC1CCSCC1. The highest BCUT2D eigenvalue weighted by Crippen LogP contribution is 2.35. The summed E-state index contributed by atoms with van der Waals surface area (Å²) in [7, 11) is 1.89. The van der Waals surface area contributed by atoms with Crippen molar-refractivity contribution in [3.05, 3.63) is 86.2 Å². The van der Waals surface area contributed by atoms with Crippen molar-refractivity contribution >= 4 is 46.3 Å². The number of carbonyl (C=O) groups excluding carboxylic acids is 1. The number of hydrogen-bond donors (Lipinski definition) is 2. The molecule has 8 nitrogen and oxygen atoms in total. The topological polar surface area (TPSA) is 78.8 Å². The zero-order valence-corrected chi connectivity index (χ0v) is 22.0. The van der Waals surface area contributed by atoms with Crippen LogP contribution in [0.4, 0.5) is 5.69 Å². The van der Waals surface area contributed by atoms with E-state index in [2.05, 4.69) is 10.7 Å². The molecule has 0 aliphatic carbocycles. The van der Waals surface area contributed by atoms with Crippen molar-refractivity contribution < 1.29 is 9.53 Å². The number of ether oxygens (including phenoxy) is 1. The van der Waals surface area contributed by atoms with Gasteiger partial charge in [-0.2, -0.15) is 11.8 Å². The van der Waals surface area contributed by atoms with Crippen LogP contribution in [0.3, 0.4) is 0 Å². The minimum Gasteiger partial charge on any atom is -0.488 e. The number of nitrogens with zero attached hydrogens (tertiary/aromatic N) is 3. The van der Waals surface area contributed by atoms with E-state index in [1.807, 2.05) is 59.4 Å². The van der Waals surface area contributed by atoms with Gasteiger partial charge in [0.15, 0.2) is 0 Å². The minimum atomic E-state index is -0.174. The van der Waals surface area contributed by atoms with E-state index in [4.69, 9.17) is 16.3 Å². The van der Waals surface area contributed by atoms with E-state index >= 15 is 0 Å². The Morgan fingerprint density at radius 3 is 2.78 bits per heavy atom. The molecule has 2 aromatic heterocycles. The minimum absolute atomic E-state index is 0.102. The molecule has 1 fully saturated rings. The smallest absolute Gasteiger partial charge is 0.261 e. The number of amides is 1. The lowest BCUT2D eigenvalue weighted by atomic mass is 10.2. The molecule has 0 atom stereocenters. The first-order chi connectivity index (χ1) is 17.5. The molecular formula is C25H26ClN5O3S2. The molecule has 3 aromatic rings. The number of thiophene rings is 1. The van der Waals surface area contributed by atoms with Crippen LogP contribution in [0.25, 0.3) is 5.69 Å². The van der Waals surface area contributed by atoms with E-state index in [1.54, 1.807) is 35.0 Å². The molecule has 2 aliphatic rings. The van der Waals surface area contributed by atoms with Gasteiger partial charge in [0, 0.05) is 31.6 Å². The maximum Gasteiger partial charge on any atom is 0.261 e. The van der Waals surface area contributed by atoms with Crippen molar-refractivity contribution in [2.75, 3.05) is 30.1 Å². The van der Waals surface area contributed by atoms with E-state index in [-0.39, 0.29) is 17.6 Å². The maximum absolute atomic E-state index is 12.4. The molecule has 2 N–H and O–H groups in total. The number of benzene rings is 1. The van der Waals surface area contributed by atoms with Crippen molar-refractivity contribution in [1.29, 1.82) is 0 Å². The van der Waals surface area contributed by atoms with Crippen LogP contribution < -0.4 is 26.0 Å². The molecule has 1 aromatic carbocycles. The van der Waals surface area contributed by atoms with Gasteiger partial charge in [-0.3, -0.25) is 19.2 Å². The number of halogens is 1. The Labute approximate surface area is 222 Å². The summed E-state index contributed by atoms with van der Waals surface area (Å²) in [6.45, 7) is 0.322. The third-order valence-electron chi connectivity index (χ3n) is 5.90. The highest BCUT2D eigenvalue weighted by molar-refractivity contribution is 7.99. The summed E-state index contributed by atoms with van der Waals surface area (Å²) in [5.41, 5.74) is 5.56. The number of hydrazine groups is 2. The van der Waals surface area contributed by atoms with Crippen molar-refractivity contribution in [2.24, 2.45) is 0 Å². The summed E-state index contributed by atoms with van der Waals surface area (Å²) in [6, 6.07) is 14.3. The second kappa shape index (κ2) is 11.0. The second-order valence-electron chi connectivity index (χ2n) is 8.41. The molecule has 188 valence electrons. The Morgan fingerprint density at radius 2 is 2.03 bits per heavy atom. The second-order valence-corrected chi connectivity index (χ2v) is 11.4. The van der Waals surface area contributed by atoms with E-state index in [0.29, 0.717) is 21.5 Å². The van der Waals surface area contributed by atoms with Crippen molar-refractivity contribution in [3.63, 3.8) is 0 Å². The molecule has 0 radical (unpaired) electrons. The Hall–Kier alpha value is -2.92. The lowest BCUT2D eigenvalue weighted by Gasteiger charge is -2.29. The largest absolute Gasteiger partial charge is 0.488 e. The highest BCUT2D eigenvalue weighted by atomic mass is 35.5. The monoisotopic (exact) mass is 543 g/mol. The zero-order chi connectivity index (χ0) is 25.1. The van der Waals surface area contributed by atoms with Gasteiger partial charge < -0.3 is 15.5 Å². The molecule has 1 amide bonds. The van der Waals surface area contributed by atoms with Gasteiger partial charge in [-0.25, -0.2) is 0 Å². The van der Waals surface area contributed by atoms with Crippen LogP contribution in [0.2, 0.25) is 4.34 Å². The Kier molecular flexibility index (Phi) is 7.56. The van der Waals surface area contributed by atoms with Gasteiger partial charge in [0.2, 0.25) is 0 Å². The van der Waals surface area contributed by atoms with Crippen LogP contribution in [0.15, 0.2) is 71.4 Å². The quantitative estimate of drug-likeness (QED) is 0.461. The Morgan fingerprint density at radius 1 is 1.19 bits per heavy atom. The van der Waals surface area contributed by atoms with Gasteiger partial charge in [-0.1, -0.05) is 17.7 Å². The average molecular weight is 544 g/mol. The predicted octanol–water partition coefficient (Wildman–Crippen LogP) is 4.27. The molecule has 4 heterocycles. The number of anilines is 1. The van der Waals surface area contributed by atoms with Crippen molar-refractivity contribution in [1.82, 2.24) is 20.4 Å². The lowest BCUT2D eigenvalue weighted by Crippen LogP contribution is -2.40. The maximum atomic E-state index is 12.4. The van der Waals surface area contributed by atoms with Gasteiger partial charge in [0.25, 0.3) is 11.5 Å². The fraction of sp³-hybridized carbons (Fsp3) is 0.280. The fourth-order valence-electron chi connectivity index (χ4n) is 4.09. The predicted molar refractivity (Wildman–Crippen MR) is 146 cm³/mol. The molecule has 11 heteroatoms. The molecule has 0 spiro atoms. The molecule has 0 unspecified atom stereocenters. The van der Waals surface area contributed by atoms with E-state index < -0.39 is 0 Å². The number of hydrogen-bond acceptors (Lipinski definition) is 8. The average Bonchev–Trinajstić information content (AvgIpc) is 3.49. The van der Waals surface area contributed by atoms with E-state index in [1.165, 1.54) is 11.3 Å². The van der Waals surface area contributed by atoms with Crippen LogP contribution in [0, 0.1) is 0 Å². The molecule has 1 saturated heterocycles. The molecule has 0 saturated carbocycles. The van der Waals surface area contributed by atoms with Crippen LogP contribution in [0.5, 0.6) is 5.75 Å². The summed E-state index contributed by atoms with van der Waals surface area (Å²) in [5.74, 6) is 2.67. The van der Waals surface area contributed by atoms with Crippen LogP contribution in [-0.4, -0.2) is 46.8 Å². The Bertz CT molecular complexity index is 1330. The van der Waals surface area contributed by atoms with Crippen molar-refractivity contribution in [2.45, 2.75) is 18.9 Å². The summed E-state index contributed by atoms with van der Waals surface area (Å²) >= 11 is 9.14. The van der Waals surface area contributed by atoms with Gasteiger partial charge >= 0.3 is 0 Å². The van der Waals surface area contributed by atoms with Gasteiger partial charge in [-0.05, 0) is 54.7 Å². The number of carbonyl (C=O) groups is 1. The number of aromatic nitrogens is 1. The lowest BCUT2D eigenvalue weighted by molar-refractivity contribution is 0.0959. The third-order valence-corrected chi connectivity index (χ3v) is 8.17. The van der Waals surface area contributed by atoms with Crippen LogP contribution in [-0.2, 0) is 0 Å². The Balaban J connectivity index is 1.40. The first-order valence-corrected chi connectivity index (χ1v) is 13.9. The van der Waals surface area contributed by atoms with Gasteiger partial charge in [0.1, 0.15) is 17.5 Å². The molecule has 5 rings (SSSR count). The standard InChI is InChI=1S/C25H26ClN5O3S2/c1-29-28-17(15-27-25(33)22-7-8-23(26)36-22)16-31(29)20-6-5-18(30-11-3-2-4-24(30)32)14-21(20)34-19-9-12-35-13-10-19/h2-8,11,14,16,19,28H,9-10,12-13,15H2,1H3,(H,27,33). The summed E-state index contributed by atoms with van der Waals surface area (Å²) in [5, 5.41) is 6.69. The summed E-state index contributed by atoms with van der Waals surface area (Å²) in [4.78, 5) is 25.4. The number of thioether (sulfide) groups is 1. The number of pyridine rings is 1. The third kappa shape index (κ3) is 5.57. The normalized spacial score (nSPS) is 16.5. The fourth-order valence-corrected chi connectivity index (χ4v) is 6.11. The van der Waals surface area contributed by atoms with Crippen molar-refractivity contribution in [3.8, 4) is 11.4 Å². The number of rotatable bonds is 7. The molecule has 0 bridgehead atoms. The molecule has 2 aliphatic heterocycles. The number of nitrogens with one attached hydrogen (secondary N) is 2. The van der Waals surface area contributed by atoms with Crippen LogP contribution >= 0.6 is 34.7 Å². The van der Waals surface area contributed by atoms with Gasteiger partial charge in [0.05, 0.1) is 27.1 Å². The van der Waals surface area contributed by atoms with Crippen LogP contribution in [0.1, 0.15) is 22.5 Å². The van der Waals surface area contributed by atoms with E-state index in [0.717, 1.165) is 41.4 Å². The van der Waals surface area contributed by atoms with E-state index in [9.17, 15) is 9.59 Å². The highest BCUT2D eigenvalue weighted by Gasteiger charge is 2.25. The summed E-state index contributed by atoms with van der Waals surface area (Å²) < 4.78 is 8.69. The summed E-state index contributed by atoms with van der Waals surface area (Å²) in [6.07, 6.45) is 5.76. The van der Waals surface area contributed by atoms with Gasteiger partial charge in [-0.15, -0.1) is 16.5 Å². The molecule has 36 heavy (non-hydrogen) atoms.